The lowest BCUT2D eigenvalue weighted by atomic mass is 9.99. The van der Waals surface area contributed by atoms with Crippen molar-refractivity contribution in [2.45, 2.75) is 0 Å². The molecule has 0 atom stereocenters. The number of Topliss-reactive ketones (excluding diaryl/α,β-unsaturated/α-hetero) is 1. The second kappa shape index (κ2) is 9.63. The SMILES string of the molecule is N#CC(C#N)=C1/C(=C\c2ccc(N(c3ccc4ccccc4c3)c3ccccn3)s2)C(=O)c2ccccc21. The zero-order valence-corrected chi connectivity index (χ0v) is 20.8. The standard InChI is InChI=1S/C32H18N4OS/c33-19-23(20-34)31-26-9-3-4-10-27(26)32(37)28(31)18-25-14-15-30(38-25)36(29-11-5-6-16-35-29)24-13-12-21-7-1-2-8-22(21)17-24/h1-18H/b28-18+. The highest BCUT2D eigenvalue weighted by Gasteiger charge is 2.32. The molecule has 0 saturated carbocycles. The summed E-state index contributed by atoms with van der Waals surface area (Å²) in [5.74, 6) is 0.578. The van der Waals surface area contributed by atoms with Crippen LogP contribution in [0.15, 0.2) is 114 Å². The van der Waals surface area contributed by atoms with Crippen LogP contribution in [0.5, 0.6) is 0 Å². The minimum atomic E-state index is -0.190. The van der Waals surface area contributed by atoms with Gasteiger partial charge < -0.3 is 0 Å². The van der Waals surface area contributed by atoms with Gasteiger partial charge in [-0.3, -0.25) is 9.69 Å². The number of anilines is 3. The molecule has 0 radical (unpaired) electrons. The molecule has 6 rings (SSSR count). The van der Waals surface area contributed by atoms with Crippen LogP contribution in [0.2, 0.25) is 0 Å². The highest BCUT2D eigenvalue weighted by atomic mass is 32.1. The number of nitrogens with zero attached hydrogens (tertiary/aromatic N) is 4. The number of hydrogen-bond donors (Lipinski definition) is 0. The summed E-state index contributed by atoms with van der Waals surface area (Å²) in [6.45, 7) is 0. The smallest absolute Gasteiger partial charge is 0.194 e. The Balaban J connectivity index is 1.47. The van der Waals surface area contributed by atoms with E-state index in [1.807, 2.05) is 54.6 Å². The van der Waals surface area contributed by atoms with Gasteiger partial charge in [-0.05, 0) is 58.8 Å². The van der Waals surface area contributed by atoms with Crippen LogP contribution in [-0.2, 0) is 0 Å². The van der Waals surface area contributed by atoms with E-state index in [0.717, 1.165) is 32.2 Å². The van der Waals surface area contributed by atoms with Gasteiger partial charge >= 0.3 is 0 Å². The first-order valence-electron chi connectivity index (χ1n) is 11.9. The van der Waals surface area contributed by atoms with Crippen LogP contribution in [0.4, 0.5) is 16.5 Å². The summed E-state index contributed by atoms with van der Waals surface area (Å²) in [6.07, 6.45) is 3.54. The summed E-state index contributed by atoms with van der Waals surface area (Å²) < 4.78 is 0. The van der Waals surface area contributed by atoms with Gasteiger partial charge in [0.1, 0.15) is 28.5 Å². The van der Waals surface area contributed by atoms with Gasteiger partial charge in [0.2, 0.25) is 0 Å². The van der Waals surface area contributed by atoms with Crippen LogP contribution >= 0.6 is 11.3 Å². The monoisotopic (exact) mass is 506 g/mol. The molecule has 1 aliphatic carbocycles. The van der Waals surface area contributed by atoms with Crippen LogP contribution < -0.4 is 4.90 Å². The van der Waals surface area contributed by atoms with Crippen molar-refractivity contribution in [2.75, 3.05) is 4.90 Å². The van der Waals surface area contributed by atoms with E-state index in [2.05, 4.69) is 40.2 Å². The van der Waals surface area contributed by atoms with E-state index in [0.29, 0.717) is 22.3 Å². The fraction of sp³-hybridized carbons (Fsp3) is 0. The molecular weight excluding hydrogens is 488 g/mol. The number of hydrogen-bond acceptors (Lipinski definition) is 6. The maximum atomic E-state index is 13.3. The molecule has 2 aromatic heterocycles. The van der Waals surface area contributed by atoms with Crippen LogP contribution in [0.1, 0.15) is 20.8 Å². The van der Waals surface area contributed by atoms with E-state index in [4.69, 9.17) is 0 Å². The van der Waals surface area contributed by atoms with Gasteiger partial charge in [0, 0.05) is 33.5 Å². The predicted molar refractivity (Wildman–Crippen MR) is 151 cm³/mol. The van der Waals surface area contributed by atoms with Crippen molar-refractivity contribution in [1.82, 2.24) is 4.98 Å². The molecule has 0 fully saturated rings. The summed E-state index contributed by atoms with van der Waals surface area (Å²) in [5, 5.41) is 22.4. The first kappa shape index (κ1) is 23.1. The topological polar surface area (TPSA) is 80.8 Å². The summed E-state index contributed by atoms with van der Waals surface area (Å²) in [7, 11) is 0. The second-order valence-corrected chi connectivity index (χ2v) is 9.73. The number of nitriles is 2. The molecule has 0 N–H and O–H groups in total. The Morgan fingerprint density at radius 1 is 0.816 bits per heavy atom. The number of ketones is 1. The van der Waals surface area contributed by atoms with Gasteiger partial charge in [-0.2, -0.15) is 10.5 Å². The van der Waals surface area contributed by atoms with Crippen LogP contribution in [0.3, 0.4) is 0 Å². The molecule has 0 saturated heterocycles. The van der Waals surface area contributed by atoms with E-state index < -0.39 is 0 Å². The zero-order valence-electron chi connectivity index (χ0n) is 20.0. The van der Waals surface area contributed by atoms with E-state index in [-0.39, 0.29) is 11.4 Å². The number of carbonyl (C=O) groups excluding carboxylic acids is 1. The number of thiophene rings is 1. The molecule has 5 aromatic rings. The molecule has 2 heterocycles. The summed E-state index contributed by atoms with van der Waals surface area (Å²) in [5.41, 5.74) is 2.75. The van der Waals surface area contributed by atoms with Crippen molar-refractivity contribution >= 4 is 56.0 Å². The molecule has 0 unspecified atom stereocenters. The maximum absolute atomic E-state index is 13.3. The quantitative estimate of drug-likeness (QED) is 0.183. The third-order valence-corrected chi connectivity index (χ3v) is 7.44. The minimum Gasteiger partial charge on any atom is -0.289 e. The molecule has 6 heteroatoms. The van der Waals surface area contributed by atoms with E-state index >= 15 is 0 Å². The molecule has 178 valence electrons. The highest BCUT2D eigenvalue weighted by Crippen LogP contribution is 2.43. The number of fused-ring (bicyclic) bond motifs is 2. The number of allylic oxidation sites excluding steroid dienone is 3. The zero-order chi connectivity index (χ0) is 26.1. The first-order valence-corrected chi connectivity index (χ1v) is 12.7. The minimum absolute atomic E-state index is 0.0717. The Hall–Kier alpha value is -5.30. The van der Waals surface area contributed by atoms with Gasteiger partial charge in [-0.1, -0.05) is 60.7 Å². The molecular formula is C32H18N4OS. The lowest BCUT2D eigenvalue weighted by molar-refractivity contribution is 0.104. The van der Waals surface area contributed by atoms with Gasteiger partial charge in [0.15, 0.2) is 5.78 Å². The van der Waals surface area contributed by atoms with Crippen molar-refractivity contribution in [3.63, 3.8) is 0 Å². The van der Waals surface area contributed by atoms with Gasteiger partial charge in [-0.15, -0.1) is 11.3 Å². The average molecular weight is 507 g/mol. The summed E-state index contributed by atoms with van der Waals surface area (Å²) in [6, 6.07) is 35.2. The van der Waals surface area contributed by atoms with Gasteiger partial charge in [0.25, 0.3) is 0 Å². The van der Waals surface area contributed by atoms with Crippen LogP contribution in [0, 0.1) is 22.7 Å². The van der Waals surface area contributed by atoms with Crippen molar-refractivity contribution in [3.05, 3.63) is 130 Å². The van der Waals surface area contributed by atoms with Crippen LogP contribution in [0.25, 0.3) is 22.4 Å². The lowest BCUT2D eigenvalue weighted by Gasteiger charge is -2.22. The van der Waals surface area contributed by atoms with Gasteiger partial charge in [-0.25, -0.2) is 4.98 Å². The van der Waals surface area contributed by atoms with Crippen molar-refractivity contribution in [3.8, 4) is 12.1 Å². The summed E-state index contributed by atoms with van der Waals surface area (Å²) >= 11 is 1.50. The number of benzene rings is 3. The molecule has 38 heavy (non-hydrogen) atoms. The molecule has 0 amide bonds. The molecule has 1 aliphatic rings. The van der Waals surface area contributed by atoms with E-state index in [1.165, 1.54) is 11.3 Å². The molecule has 0 bridgehead atoms. The average Bonchev–Trinajstić information content (AvgIpc) is 3.53. The molecule has 3 aromatic carbocycles. The van der Waals surface area contributed by atoms with Crippen molar-refractivity contribution < 1.29 is 4.79 Å². The van der Waals surface area contributed by atoms with Crippen molar-refractivity contribution in [1.29, 1.82) is 10.5 Å². The normalized spacial score (nSPS) is 13.3. The van der Waals surface area contributed by atoms with Crippen LogP contribution in [-0.4, -0.2) is 10.8 Å². The Morgan fingerprint density at radius 3 is 2.32 bits per heavy atom. The maximum Gasteiger partial charge on any atom is 0.194 e. The van der Waals surface area contributed by atoms with Crippen molar-refractivity contribution in [2.24, 2.45) is 0 Å². The Kier molecular flexibility index (Phi) is 5.86. The fourth-order valence-corrected chi connectivity index (χ4v) is 5.68. The van der Waals surface area contributed by atoms with Gasteiger partial charge in [0.05, 0.1) is 0 Å². The number of aromatic nitrogens is 1. The Morgan fingerprint density at radius 2 is 1.55 bits per heavy atom. The number of pyridine rings is 1. The first-order chi connectivity index (χ1) is 18.7. The molecule has 0 spiro atoms. The summed E-state index contributed by atoms with van der Waals surface area (Å²) in [4.78, 5) is 20.8. The molecule has 5 nitrogen and oxygen atoms in total. The van der Waals surface area contributed by atoms with E-state index in [1.54, 1.807) is 36.5 Å². The lowest BCUT2D eigenvalue weighted by Crippen LogP contribution is -2.09. The van der Waals surface area contributed by atoms with E-state index in [9.17, 15) is 15.3 Å². The number of carbonyl (C=O) groups is 1. The third kappa shape index (κ3) is 3.96. The number of rotatable bonds is 4. The second-order valence-electron chi connectivity index (χ2n) is 8.64. The third-order valence-electron chi connectivity index (χ3n) is 6.42. The highest BCUT2D eigenvalue weighted by molar-refractivity contribution is 7.17. The Labute approximate surface area is 223 Å². The predicted octanol–water partition coefficient (Wildman–Crippen LogP) is 7.85. The molecule has 0 aliphatic heterocycles. The fourth-order valence-electron chi connectivity index (χ4n) is 4.70. The largest absolute Gasteiger partial charge is 0.289 e. The Bertz CT molecular complexity index is 1850.